The maximum Gasteiger partial charge on any atom is 0.228 e. The minimum absolute atomic E-state index is 0.0815. The fourth-order valence-corrected chi connectivity index (χ4v) is 6.81. The molecular formula is C43H30N4O. The molecule has 5 heteroatoms. The molecule has 8 aromatic rings. The van der Waals surface area contributed by atoms with Gasteiger partial charge < -0.3 is 4.42 Å². The molecule has 0 aliphatic heterocycles. The number of hydrogen-bond donors (Lipinski definition) is 0. The van der Waals surface area contributed by atoms with Gasteiger partial charge in [-0.25, -0.2) is 19.9 Å². The third-order valence-electron chi connectivity index (χ3n) is 9.22. The van der Waals surface area contributed by atoms with Crippen LogP contribution in [0.25, 0.3) is 72.4 Å². The summed E-state index contributed by atoms with van der Waals surface area (Å²) < 4.78 is 6.51. The average molecular weight is 619 g/mol. The summed E-state index contributed by atoms with van der Waals surface area (Å²) in [5.74, 6) is 2.20. The van der Waals surface area contributed by atoms with Crippen LogP contribution in [0.5, 0.6) is 0 Å². The first-order valence-electron chi connectivity index (χ1n) is 16.3. The standard InChI is InChI=1S/C43H30N4O/c1-27-23-33(42-46-40(29-15-7-3-8-16-29)45-41(47-42)30-17-9-4-10-18-30)21-22-34(27)35-26-37(28-13-5-2-6-14-28)44-43-39(35)36-24-31-19-11-12-20-32(31)25-38(36)48-43/h2-27,34H,1H3. The Balaban J connectivity index is 1.18. The van der Waals surface area contributed by atoms with Gasteiger partial charge in [0.1, 0.15) is 5.58 Å². The van der Waals surface area contributed by atoms with E-state index in [0.717, 1.165) is 49.7 Å². The summed E-state index contributed by atoms with van der Waals surface area (Å²) >= 11 is 0. The monoisotopic (exact) mass is 618 g/mol. The van der Waals surface area contributed by atoms with E-state index in [4.69, 9.17) is 24.4 Å². The minimum atomic E-state index is 0.0815. The Bertz CT molecular complexity index is 2460. The molecule has 0 radical (unpaired) electrons. The topological polar surface area (TPSA) is 64.7 Å². The van der Waals surface area contributed by atoms with Crippen molar-refractivity contribution in [2.45, 2.75) is 12.8 Å². The highest BCUT2D eigenvalue weighted by Crippen LogP contribution is 2.43. The lowest BCUT2D eigenvalue weighted by molar-refractivity contribution is 0.635. The molecule has 1 aliphatic carbocycles. The van der Waals surface area contributed by atoms with Crippen LogP contribution in [0.3, 0.4) is 0 Å². The number of nitrogens with zero attached hydrogens (tertiary/aromatic N) is 4. The number of pyridine rings is 1. The van der Waals surface area contributed by atoms with Gasteiger partial charge in [-0.2, -0.15) is 0 Å². The van der Waals surface area contributed by atoms with Gasteiger partial charge in [0.25, 0.3) is 0 Å². The molecule has 9 rings (SSSR count). The molecule has 0 saturated heterocycles. The molecule has 0 fully saturated rings. The van der Waals surface area contributed by atoms with Crippen molar-refractivity contribution in [2.24, 2.45) is 5.92 Å². The zero-order valence-electron chi connectivity index (χ0n) is 26.3. The minimum Gasteiger partial charge on any atom is -0.438 e. The van der Waals surface area contributed by atoms with Crippen molar-refractivity contribution < 1.29 is 4.42 Å². The van der Waals surface area contributed by atoms with Gasteiger partial charge in [-0.1, -0.05) is 140 Å². The van der Waals surface area contributed by atoms with Gasteiger partial charge in [-0.15, -0.1) is 0 Å². The first-order chi connectivity index (χ1) is 23.7. The van der Waals surface area contributed by atoms with Crippen LogP contribution in [0.1, 0.15) is 24.2 Å². The van der Waals surface area contributed by atoms with E-state index in [9.17, 15) is 0 Å². The molecule has 0 amide bonds. The van der Waals surface area contributed by atoms with Crippen molar-refractivity contribution in [1.82, 2.24) is 19.9 Å². The summed E-state index contributed by atoms with van der Waals surface area (Å²) in [7, 11) is 0. The van der Waals surface area contributed by atoms with Crippen LogP contribution in [0.2, 0.25) is 0 Å². The van der Waals surface area contributed by atoms with E-state index in [1.165, 1.54) is 10.9 Å². The molecule has 48 heavy (non-hydrogen) atoms. The molecule has 5 nitrogen and oxygen atoms in total. The Morgan fingerprint density at radius 1 is 0.562 bits per heavy atom. The second kappa shape index (κ2) is 11.6. The zero-order chi connectivity index (χ0) is 32.0. The van der Waals surface area contributed by atoms with E-state index in [0.29, 0.717) is 23.2 Å². The first kappa shape index (κ1) is 28.1. The number of benzene rings is 5. The second-order valence-corrected chi connectivity index (χ2v) is 12.3. The third kappa shape index (κ3) is 4.97. The molecule has 0 saturated carbocycles. The molecule has 228 valence electrons. The van der Waals surface area contributed by atoms with Gasteiger partial charge in [-0.3, -0.25) is 0 Å². The van der Waals surface area contributed by atoms with Gasteiger partial charge in [0.15, 0.2) is 17.5 Å². The SMILES string of the molecule is CC1C=C(c2nc(-c3ccccc3)nc(-c3ccccc3)n2)C=CC1c1cc(-c2ccccc2)nc2oc3cc4ccccc4cc3c12. The van der Waals surface area contributed by atoms with Crippen LogP contribution < -0.4 is 0 Å². The fraction of sp³-hybridized carbons (Fsp3) is 0.0698. The van der Waals surface area contributed by atoms with E-state index in [2.05, 4.69) is 79.7 Å². The highest BCUT2D eigenvalue weighted by molar-refractivity contribution is 6.11. The Morgan fingerprint density at radius 2 is 1.12 bits per heavy atom. The summed E-state index contributed by atoms with van der Waals surface area (Å²) in [5, 5.41) is 4.47. The van der Waals surface area contributed by atoms with Crippen LogP contribution in [-0.2, 0) is 0 Å². The Labute approximate surface area is 278 Å². The van der Waals surface area contributed by atoms with E-state index in [1.807, 2.05) is 78.9 Å². The van der Waals surface area contributed by atoms with Gasteiger partial charge in [0, 0.05) is 33.6 Å². The van der Waals surface area contributed by atoms with Crippen molar-refractivity contribution in [3.05, 3.63) is 163 Å². The fourth-order valence-electron chi connectivity index (χ4n) is 6.81. The molecule has 3 heterocycles. The van der Waals surface area contributed by atoms with E-state index in [-0.39, 0.29) is 11.8 Å². The molecule has 3 aromatic heterocycles. The molecule has 2 unspecified atom stereocenters. The third-order valence-corrected chi connectivity index (χ3v) is 9.22. The largest absolute Gasteiger partial charge is 0.438 e. The lowest BCUT2D eigenvalue weighted by Crippen LogP contribution is -2.12. The average Bonchev–Trinajstić information content (AvgIpc) is 3.51. The van der Waals surface area contributed by atoms with E-state index in [1.54, 1.807) is 0 Å². The predicted molar refractivity (Wildman–Crippen MR) is 194 cm³/mol. The van der Waals surface area contributed by atoms with Gasteiger partial charge in [0.2, 0.25) is 5.71 Å². The van der Waals surface area contributed by atoms with Crippen LogP contribution >= 0.6 is 0 Å². The Morgan fingerprint density at radius 3 is 1.75 bits per heavy atom. The number of furan rings is 1. The molecule has 2 atom stereocenters. The molecule has 0 bridgehead atoms. The van der Waals surface area contributed by atoms with Gasteiger partial charge in [0.05, 0.1) is 11.1 Å². The highest BCUT2D eigenvalue weighted by atomic mass is 16.3. The lowest BCUT2D eigenvalue weighted by Gasteiger charge is -2.24. The van der Waals surface area contributed by atoms with Crippen LogP contribution in [0, 0.1) is 5.92 Å². The van der Waals surface area contributed by atoms with E-state index >= 15 is 0 Å². The number of rotatable bonds is 5. The van der Waals surface area contributed by atoms with Crippen molar-refractivity contribution in [1.29, 1.82) is 0 Å². The molecule has 5 aromatic carbocycles. The summed E-state index contributed by atoms with van der Waals surface area (Å²) in [4.78, 5) is 19.9. The van der Waals surface area contributed by atoms with Crippen LogP contribution in [0.15, 0.2) is 156 Å². The summed E-state index contributed by atoms with van der Waals surface area (Å²) in [6, 6.07) is 45.5. The van der Waals surface area contributed by atoms with Crippen LogP contribution in [-0.4, -0.2) is 19.9 Å². The highest BCUT2D eigenvalue weighted by Gasteiger charge is 2.26. The Kier molecular flexibility index (Phi) is 6.75. The van der Waals surface area contributed by atoms with Crippen LogP contribution in [0.4, 0.5) is 0 Å². The Hall–Kier alpha value is -6.20. The van der Waals surface area contributed by atoms with Gasteiger partial charge in [-0.05, 0) is 40.5 Å². The van der Waals surface area contributed by atoms with Crippen molar-refractivity contribution in [3.8, 4) is 34.0 Å². The van der Waals surface area contributed by atoms with Crippen molar-refractivity contribution >= 4 is 38.4 Å². The summed E-state index contributed by atoms with van der Waals surface area (Å²) in [5.41, 5.74) is 7.54. The number of aromatic nitrogens is 4. The number of fused-ring (bicyclic) bond motifs is 4. The molecule has 0 N–H and O–H groups in total. The maximum atomic E-state index is 6.51. The maximum absolute atomic E-state index is 6.51. The summed E-state index contributed by atoms with van der Waals surface area (Å²) in [6.07, 6.45) is 6.74. The zero-order valence-corrected chi connectivity index (χ0v) is 26.3. The molecular weight excluding hydrogens is 589 g/mol. The van der Waals surface area contributed by atoms with Gasteiger partial charge >= 0.3 is 0 Å². The smallest absolute Gasteiger partial charge is 0.228 e. The second-order valence-electron chi connectivity index (χ2n) is 12.3. The van der Waals surface area contributed by atoms with Crippen molar-refractivity contribution in [3.63, 3.8) is 0 Å². The predicted octanol–water partition coefficient (Wildman–Crippen LogP) is 10.7. The lowest BCUT2D eigenvalue weighted by atomic mass is 9.80. The number of hydrogen-bond acceptors (Lipinski definition) is 5. The van der Waals surface area contributed by atoms with E-state index < -0.39 is 0 Å². The normalized spacial score (nSPS) is 16.1. The molecule has 1 aliphatic rings. The van der Waals surface area contributed by atoms with Crippen molar-refractivity contribution in [2.75, 3.05) is 0 Å². The summed E-state index contributed by atoms with van der Waals surface area (Å²) in [6.45, 7) is 2.26. The number of allylic oxidation sites excluding steroid dienone is 4. The molecule has 0 spiro atoms. The quantitative estimate of drug-likeness (QED) is 0.192. The first-order valence-corrected chi connectivity index (χ1v) is 16.3.